The van der Waals surface area contributed by atoms with E-state index in [2.05, 4.69) is 41.0 Å². The van der Waals surface area contributed by atoms with Gasteiger partial charge in [-0.2, -0.15) is 0 Å². The first-order valence-electron chi connectivity index (χ1n) is 11.2. The summed E-state index contributed by atoms with van der Waals surface area (Å²) in [7, 11) is 0. The number of rotatable bonds is 4. The zero-order valence-electron chi connectivity index (χ0n) is 17.1. The molecular weight excluding hydrogens is 332 g/mol. The van der Waals surface area contributed by atoms with E-state index in [9.17, 15) is 4.79 Å². The zero-order valence-corrected chi connectivity index (χ0v) is 17.1. The van der Waals surface area contributed by atoms with E-state index in [1.54, 1.807) is 0 Å². The first-order chi connectivity index (χ1) is 13.1. The molecule has 1 aromatic rings. The Morgan fingerprint density at radius 2 is 1.74 bits per heavy atom. The first kappa shape index (κ1) is 19.0. The molecule has 2 saturated heterocycles. The largest absolute Gasteiger partial charge is 0.333 e. The number of nitrogens with zero attached hydrogens (tertiary/aromatic N) is 2. The number of carbonyl (C=O) groups excluding carboxylic acids is 1. The number of aryl methyl sites for hydroxylation is 1. The molecule has 3 fully saturated rings. The fraction of sp³-hybridized carbons (Fsp3) is 0.708. The van der Waals surface area contributed by atoms with Crippen LogP contribution in [-0.4, -0.2) is 40.9 Å². The van der Waals surface area contributed by atoms with E-state index >= 15 is 0 Å². The van der Waals surface area contributed by atoms with Gasteiger partial charge in [-0.25, -0.2) is 0 Å². The van der Waals surface area contributed by atoms with Gasteiger partial charge in [0.05, 0.1) is 0 Å². The molecule has 148 valence electrons. The van der Waals surface area contributed by atoms with E-state index in [-0.39, 0.29) is 5.54 Å². The molecule has 1 unspecified atom stereocenters. The van der Waals surface area contributed by atoms with Crippen LogP contribution in [0.15, 0.2) is 24.3 Å². The van der Waals surface area contributed by atoms with Crippen LogP contribution in [0.2, 0.25) is 0 Å². The maximum atomic E-state index is 12.7. The molecule has 1 saturated carbocycles. The lowest BCUT2D eigenvalue weighted by molar-refractivity contribution is -0.132. The Morgan fingerprint density at radius 1 is 0.963 bits per heavy atom. The highest BCUT2D eigenvalue weighted by Gasteiger charge is 2.45. The van der Waals surface area contributed by atoms with Gasteiger partial charge in [-0.05, 0) is 63.5 Å². The minimum atomic E-state index is 0.114. The van der Waals surface area contributed by atoms with Crippen molar-refractivity contribution in [3.05, 3.63) is 35.4 Å². The first-order valence-corrected chi connectivity index (χ1v) is 11.2. The summed E-state index contributed by atoms with van der Waals surface area (Å²) in [5, 5.41) is 0. The van der Waals surface area contributed by atoms with Gasteiger partial charge in [-0.15, -0.1) is 0 Å². The molecule has 27 heavy (non-hydrogen) atoms. The Labute approximate surface area is 165 Å². The van der Waals surface area contributed by atoms with Gasteiger partial charge in [-0.3, -0.25) is 4.79 Å². The molecular formula is C24H36N2O. The van der Waals surface area contributed by atoms with Gasteiger partial charge in [0.25, 0.3) is 0 Å². The molecule has 3 heteroatoms. The zero-order chi connectivity index (χ0) is 18.7. The SMILES string of the molecule is Cc1ccc(CN2C(=O)CCC23CCCN(CC2CCCCC2)CC3)cc1. The number of likely N-dealkylation sites (tertiary alicyclic amines) is 2. The summed E-state index contributed by atoms with van der Waals surface area (Å²) in [6.07, 6.45) is 12.6. The fourth-order valence-electron chi connectivity index (χ4n) is 5.68. The van der Waals surface area contributed by atoms with Crippen LogP contribution in [0.5, 0.6) is 0 Å². The van der Waals surface area contributed by atoms with Crippen molar-refractivity contribution in [3.8, 4) is 0 Å². The van der Waals surface area contributed by atoms with Crippen LogP contribution in [0.3, 0.4) is 0 Å². The molecule has 2 aliphatic heterocycles. The minimum absolute atomic E-state index is 0.114. The lowest BCUT2D eigenvalue weighted by Gasteiger charge is -2.38. The monoisotopic (exact) mass is 368 g/mol. The van der Waals surface area contributed by atoms with Crippen molar-refractivity contribution in [1.29, 1.82) is 0 Å². The third-order valence-corrected chi connectivity index (χ3v) is 7.39. The van der Waals surface area contributed by atoms with Crippen LogP contribution in [-0.2, 0) is 11.3 Å². The highest BCUT2D eigenvalue weighted by molar-refractivity contribution is 5.79. The van der Waals surface area contributed by atoms with Crippen LogP contribution in [0, 0.1) is 12.8 Å². The molecule has 1 atom stereocenters. The summed E-state index contributed by atoms with van der Waals surface area (Å²) in [6, 6.07) is 8.73. The topological polar surface area (TPSA) is 23.6 Å². The second-order valence-corrected chi connectivity index (χ2v) is 9.35. The summed E-state index contributed by atoms with van der Waals surface area (Å²) in [5.41, 5.74) is 2.68. The maximum absolute atomic E-state index is 12.7. The average molecular weight is 369 g/mol. The molecule has 1 amide bonds. The third-order valence-electron chi connectivity index (χ3n) is 7.39. The molecule has 1 aromatic carbocycles. The van der Waals surface area contributed by atoms with Crippen molar-refractivity contribution in [2.24, 2.45) is 5.92 Å². The molecule has 2 heterocycles. The number of amides is 1. The molecule has 0 aromatic heterocycles. The van der Waals surface area contributed by atoms with Crippen LogP contribution in [0.4, 0.5) is 0 Å². The van der Waals surface area contributed by atoms with Gasteiger partial charge in [0.15, 0.2) is 0 Å². The van der Waals surface area contributed by atoms with E-state index < -0.39 is 0 Å². The van der Waals surface area contributed by atoms with Crippen LogP contribution < -0.4 is 0 Å². The van der Waals surface area contributed by atoms with Gasteiger partial charge >= 0.3 is 0 Å². The Hall–Kier alpha value is -1.35. The number of carbonyl (C=O) groups is 1. The lowest BCUT2D eigenvalue weighted by Crippen LogP contribution is -2.46. The van der Waals surface area contributed by atoms with Crippen molar-refractivity contribution < 1.29 is 4.79 Å². The second-order valence-electron chi connectivity index (χ2n) is 9.35. The summed E-state index contributed by atoms with van der Waals surface area (Å²) < 4.78 is 0. The molecule has 1 spiro atoms. The van der Waals surface area contributed by atoms with Gasteiger partial charge < -0.3 is 9.80 Å². The van der Waals surface area contributed by atoms with Crippen molar-refractivity contribution >= 4 is 5.91 Å². The van der Waals surface area contributed by atoms with E-state index in [1.165, 1.54) is 75.7 Å². The van der Waals surface area contributed by atoms with Gasteiger partial charge in [0, 0.05) is 31.6 Å². The predicted molar refractivity (Wildman–Crippen MR) is 111 cm³/mol. The van der Waals surface area contributed by atoms with E-state index in [4.69, 9.17) is 0 Å². The highest BCUT2D eigenvalue weighted by Crippen LogP contribution is 2.40. The summed E-state index contributed by atoms with van der Waals surface area (Å²) >= 11 is 0. The maximum Gasteiger partial charge on any atom is 0.223 e. The van der Waals surface area contributed by atoms with Crippen molar-refractivity contribution in [3.63, 3.8) is 0 Å². The Morgan fingerprint density at radius 3 is 2.52 bits per heavy atom. The van der Waals surface area contributed by atoms with Crippen molar-refractivity contribution in [2.45, 2.75) is 83.2 Å². The lowest BCUT2D eigenvalue weighted by atomic mass is 9.87. The number of benzene rings is 1. The molecule has 3 aliphatic rings. The summed E-state index contributed by atoms with van der Waals surface area (Å²) in [5.74, 6) is 1.29. The average Bonchev–Trinajstić information content (AvgIpc) is 2.85. The third kappa shape index (κ3) is 4.39. The summed E-state index contributed by atoms with van der Waals surface area (Å²) in [6.45, 7) is 6.61. The summed E-state index contributed by atoms with van der Waals surface area (Å²) in [4.78, 5) is 17.7. The molecule has 0 radical (unpaired) electrons. The molecule has 0 bridgehead atoms. The second kappa shape index (κ2) is 8.34. The molecule has 1 aliphatic carbocycles. The van der Waals surface area contributed by atoms with Gasteiger partial charge in [0.1, 0.15) is 0 Å². The number of hydrogen-bond donors (Lipinski definition) is 0. The predicted octanol–water partition coefficient (Wildman–Crippen LogP) is 4.92. The Bertz CT molecular complexity index is 634. The highest BCUT2D eigenvalue weighted by atomic mass is 16.2. The Balaban J connectivity index is 1.41. The molecule has 4 rings (SSSR count). The standard InChI is InChI=1S/C24H36N2O/c1-20-8-10-22(11-9-20)19-26-23(27)12-14-24(26)13-5-16-25(17-15-24)18-21-6-3-2-4-7-21/h8-11,21H,2-7,12-19H2,1H3. The smallest absolute Gasteiger partial charge is 0.223 e. The number of hydrogen-bond acceptors (Lipinski definition) is 2. The fourth-order valence-corrected chi connectivity index (χ4v) is 5.68. The quantitative estimate of drug-likeness (QED) is 0.753. The van der Waals surface area contributed by atoms with Crippen molar-refractivity contribution in [2.75, 3.05) is 19.6 Å². The molecule has 3 nitrogen and oxygen atoms in total. The van der Waals surface area contributed by atoms with Crippen LogP contribution in [0.1, 0.15) is 75.3 Å². The van der Waals surface area contributed by atoms with Gasteiger partial charge in [-0.1, -0.05) is 49.1 Å². The van der Waals surface area contributed by atoms with E-state index in [0.29, 0.717) is 5.91 Å². The normalized spacial score (nSPS) is 28.0. The van der Waals surface area contributed by atoms with Gasteiger partial charge in [0.2, 0.25) is 5.91 Å². The van der Waals surface area contributed by atoms with E-state index in [0.717, 1.165) is 31.7 Å². The van der Waals surface area contributed by atoms with Crippen LogP contribution >= 0.6 is 0 Å². The Kier molecular flexibility index (Phi) is 5.87. The van der Waals surface area contributed by atoms with Crippen LogP contribution in [0.25, 0.3) is 0 Å². The van der Waals surface area contributed by atoms with E-state index in [1.807, 2.05) is 0 Å². The molecule has 0 N–H and O–H groups in total. The van der Waals surface area contributed by atoms with Crippen molar-refractivity contribution in [1.82, 2.24) is 9.80 Å². The minimum Gasteiger partial charge on any atom is -0.333 e.